The third-order valence-electron chi connectivity index (χ3n) is 2.94. The van der Waals surface area contributed by atoms with Gasteiger partial charge in [0.15, 0.2) is 0 Å². The van der Waals surface area contributed by atoms with Crippen molar-refractivity contribution >= 4 is 11.7 Å². The molecule has 0 atom stereocenters. The van der Waals surface area contributed by atoms with E-state index in [1.807, 2.05) is 13.0 Å². The highest BCUT2D eigenvalue weighted by atomic mass is 16.2. The van der Waals surface area contributed by atoms with E-state index < -0.39 is 0 Å². The van der Waals surface area contributed by atoms with Crippen LogP contribution in [0.15, 0.2) is 30.5 Å². The average Bonchev–Trinajstić information content (AvgIpc) is 2.83. The predicted octanol–water partition coefficient (Wildman–Crippen LogP) is 1.32. The first-order valence-electron chi connectivity index (χ1n) is 6.12. The summed E-state index contributed by atoms with van der Waals surface area (Å²) in [6.45, 7) is 1.63. The highest BCUT2D eigenvalue weighted by molar-refractivity contribution is 6.05. The first-order valence-corrected chi connectivity index (χ1v) is 6.12. The van der Waals surface area contributed by atoms with Crippen LogP contribution in [0, 0.1) is 18.8 Å². The number of amides is 1. The minimum Gasteiger partial charge on any atom is -0.384 e. The lowest BCUT2D eigenvalue weighted by atomic mass is 10.0. The maximum absolute atomic E-state index is 12.3. The molecule has 2 aromatic rings. The topological polar surface area (TPSA) is 67.2 Å². The number of carbonyl (C=O) groups excluding carboxylic acids is 1. The Kier molecular flexibility index (Phi) is 4.18. The number of aryl methyl sites for hydroxylation is 1. The zero-order valence-corrected chi connectivity index (χ0v) is 11.3. The standard InChI is InChI=1S/C15H15N3O2/c1-11-12(6-4-10-19)5-3-7-13(11)15(20)17-14-8-9-16-18(14)2/h3,5,7-9,19H,10H2,1-2H3,(H,17,20). The van der Waals surface area contributed by atoms with Gasteiger partial charge in [0.25, 0.3) is 5.91 Å². The lowest BCUT2D eigenvalue weighted by Crippen LogP contribution is -2.16. The molecule has 0 aliphatic rings. The van der Waals surface area contributed by atoms with Crippen molar-refractivity contribution in [2.24, 2.45) is 7.05 Å². The van der Waals surface area contributed by atoms with E-state index in [9.17, 15) is 4.79 Å². The van der Waals surface area contributed by atoms with Crippen LogP contribution in [0.2, 0.25) is 0 Å². The number of aromatic nitrogens is 2. The first kappa shape index (κ1) is 13.8. The van der Waals surface area contributed by atoms with Gasteiger partial charge in [-0.05, 0) is 24.6 Å². The number of benzene rings is 1. The number of nitrogens with one attached hydrogen (secondary N) is 1. The molecule has 0 fully saturated rings. The van der Waals surface area contributed by atoms with Crippen LogP contribution in [-0.2, 0) is 7.05 Å². The van der Waals surface area contributed by atoms with Gasteiger partial charge in [0, 0.05) is 24.2 Å². The van der Waals surface area contributed by atoms with E-state index in [1.165, 1.54) is 0 Å². The fraction of sp³-hybridized carbons (Fsp3) is 0.200. The summed E-state index contributed by atoms with van der Waals surface area (Å²) in [5.74, 6) is 5.83. The van der Waals surface area contributed by atoms with Gasteiger partial charge in [-0.15, -0.1) is 0 Å². The van der Waals surface area contributed by atoms with Crippen molar-refractivity contribution in [3.8, 4) is 11.8 Å². The van der Waals surface area contributed by atoms with Crippen molar-refractivity contribution in [1.82, 2.24) is 9.78 Å². The molecule has 0 aliphatic carbocycles. The van der Waals surface area contributed by atoms with Gasteiger partial charge < -0.3 is 10.4 Å². The van der Waals surface area contributed by atoms with Crippen LogP contribution in [-0.4, -0.2) is 27.4 Å². The molecule has 2 N–H and O–H groups in total. The molecule has 102 valence electrons. The summed E-state index contributed by atoms with van der Waals surface area (Å²) in [4.78, 5) is 12.3. The van der Waals surface area contributed by atoms with Gasteiger partial charge in [0.05, 0.1) is 6.20 Å². The predicted molar refractivity (Wildman–Crippen MR) is 76.3 cm³/mol. The van der Waals surface area contributed by atoms with Crippen LogP contribution in [0.3, 0.4) is 0 Å². The Labute approximate surface area is 117 Å². The number of aliphatic hydroxyl groups is 1. The average molecular weight is 269 g/mol. The van der Waals surface area contributed by atoms with Gasteiger partial charge in [-0.25, -0.2) is 0 Å². The second-order valence-electron chi connectivity index (χ2n) is 4.23. The highest BCUT2D eigenvalue weighted by Crippen LogP contribution is 2.15. The molecule has 5 nitrogen and oxygen atoms in total. The Morgan fingerprint density at radius 2 is 2.25 bits per heavy atom. The number of carbonyl (C=O) groups is 1. The van der Waals surface area contributed by atoms with Gasteiger partial charge in [-0.1, -0.05) is 17.9 Å². The van der Waals surface area contributed by atoms with Crippen LogP contribution < -0.4 is 5.32 Å². The van der Waals surface area contributed by atoms with Crippen LogP contribution in [0.1, 0.15) is 21.5 Å². The summed E-state index contributed by atoms with van der Waals surface area (Å²) in [6, 6.07) is 7.05. The van der Waals surface area contributed by atoms with E-state index in [0.717, 1.165) is 11.1 Å². The number of rotatable bonds is 2. The molecular formula is C15H15N3O2. The monoisotopic (exact) mass is 269 g/mol. The summed E-state index contributed by atoms with van der Waals surface area (Å²) in [7, 11) is 1.76. The van der Waals surface area contributed by atoms with Gasteiger partial charge >= 0.3 is 0 Å². The summed E-state index contributed by atoms with van der Waals surface area (Å²) in [6.07, 6.45) is 1.62. The molecule has 20 heavy (non-hydrogen) atoms. The zero-order valence-electron chi connectivity index (χ0n) is 11.3. The second kappa shape index (κ2) is 6.04. The highest BCUT2D eigenvalue weighted by Gasteiger charge is 2.12. The number of hydrogen-bond donors (Lipinski definition) is 2. The number of nitrogens with zero attached hydrogens (tertiary/aromatic N) is 2. The quantitative estimate of drug-likeness (QED) is 0.808. The lowest BCUT2D eigenvalue weighted by molar-refractivity contribution is 0.102. The Balaban J connectivity index is 2.29. The number of hydrogen-bond acceptors (Lipinski definition) is 3. The minimum absolute atomic E-state index is 0.203. The second-order valence-corrected chi connectivity index (χ2v) is 4.23. The normalized spacial score (nSPS) is 9.75. The molecule has 2 rings (SSSR count). The van der Waals surface area contributed by atoms with Crippen molar-refractivity contribution in [2.45, 2.75) is 6.92 Å². The third-order valence-corrected chi connectivity index (χ3v) is 2.94. The van der Waals surface area contributed by atoms with E-state index in [2.05, 4.69) is 22.3 Å². The van der Waals surface area contributed by atoms with E-state index in [4.69, 9.17) is 5.11 Å². The Hall–Kier alpha value is -2.58. The van der Waals surface area contributed by atoms with Crippen LogP contribution in [0.4, 0.5) is 5.82 Å². The smallest absolute Gasteiger partial charge is 0.257 e. The molecule has 0 saturated carbocycles. The maximum Gasteiger partial charge on any atom is 0.257 e. The first-order chi connectivity index (χ1) is 9.63. The van der Waals surface area contributed by atoms with Crippen molar-refractivity contribution in [3.63, 3.8) is 0 Å². The molecule has 1 aromatic carbocycles. The molecule has 0 saturated heterocycles. The number of aliphatic hydroxyl groups excluding tert-OH is 1. The fourth-order valence-corrected chi connectivity index (χ4v) is 1.83. The van der Waals surface area contributed by atoms with Crippen molar-refractivity contribution < 1.29 is 9.90 Å². The molecular weight excluding hydrogens is 254 g/mol. The Bertz CT molecular complexity index is 693. The summed E-state index contributed by atoms with van der Waals surface area (Å²) >= 11 is 0. The van der Waals surface area contributed by atoms with Gasteiger partial charge in [-0.2, -0.15) is 5.10 Å². The fourth-order valence-electron chi connectivity index (χ4n) is 1.83. The van der Waals surface area contributed by atoms with Crippen molar-refractivity contribution in [2.75, 3.05) is 11.9 Å². The minimum atomic E-state index is -0.209. The maximum atomic E-state index is 12.3. The lowest BCUT2D eigenvalue weighted by Gasteiger charge is -2.09. The number of anilines is 1. The molecule has 1 aromatic heterocycles. The Morgan fingerprint density at radius 3 is 2.90 bits per heavy atom. The molecule has 0 aliphatic heterocycles. The zero-order chi connectivity index (χ0) is 14.5. The summed E-state index contributed by atoms with van der Waals surface area (Å²) < 4.78 is 1.59. The van der Waals surface area contributed by atoms with Gasteiger partial charge in [-0.3, -0.25) is 9.48 Å². The van der Waals surface area contributed by atoms with E-state index in [-0.39, 0.29) is 12.5 Å². The van der Waals surface area contributed by atoms with Gasteiger partial charge in [0.1, 0.15) is 12.4 Å². The van der Waals surface area contributed by atoms with E-state index in [0.29, 0.717) is 11.4 Å². The van der Waals surface area contributed by atoms with Crippen LogP contribution in [0.25, 0.3) is 0 Å². The van der Waals surface area contributed by atoms with Crippen molar-refractivity contribution in [3.05, 3.63) is 47.2 Å². The molecule has 5 heteroatoms. The summed E-state index contributed by atoms with van der Waals surface area (Å²) in [5.41, 5.74) is 2.07. The largest absolute Gasteiger partial charge is 0.384 e. The SMILES string of the molecule is Cc1c(C#CCO)cccc1C(=O)Nc1ccnn1C. The molecule has 0 unspecified atom stereocenters. The summed E-state index contributed by atoms with van der Waals surface area (Å²) in [5, 5.41) is 15.5. The van der Waals surface area contributed by atoms with E-state index >= 15 is 0 Å². The van der Waals surface area contributed by atoms with Crippen LogP contribution >= 0.6 is 0 Å². The Morgan fingerprint density at radius 1 is 1.45 bits per heavy atom. The van der Waals surface area contributed by atoms with Gasteiger partial charge in [0.2, 0.25) is 0 Å². The molecule has 0 bridgehead atoms. The third kappa shape index (κ3) is 2.87. The van der Waals surface area contributed by atoms with E-state index in [1.54, 1.807) is 36.1 Å². The van der Waals surface area contributed by atoms with Crippen LogP contribution in [0.5, 0.6) is 0 Å². The molecule has 0 spiro atoms. The van der Waals surface area contributed by atoms with Crippen molar-refractivity contribution in [1.29, 1.82) is 0 Å². The molecule has 1 heterocycles. The molecule has 0 radical (unpaired) electrons. The molecule has 1 amide bonds.